The fourth-order valence-electron chi connectivity index (χ4n) is 2.51. The molecule has 0 aliphatic rings. The lowest BCUT2D eigenvalue weighted by molar-refractivity contribution is -0.131. The summed E-state index contributed by atoms with van der Waals surface area (Å²) in [4.78, 5) is 24.6. The fraction of sp³-hybridized carbons (Fsp3) is 0.333. The third kappa shape index (κ3) is 7.31. The lowest BCUT2D eigenvalue weighted by Crippen LogP contribution is -2.51. The van der Waals surface area contributed by atoms with Gasteiger partial charge in [0.05, 0.1) is 0 Å². The molecule has 0 saturated carbocycles. The van der Waals surface area contributed by atoms with E-state index in [2.05, 4.69) is 10.6 Å². The molecule has 0 bridgehead atoms. The van der Waals surface area contributed by atoms with Crippen LogP contribution in [0.2, 0.25) is 5.02 Å². The fourth-order valence-corrected chi connectivity index (χ4v) is 2.63. The Bertz CT molecular complexity index is 733. The predicted molar refractivity (Wildman–Crippen MR) is 107 cm³/mol. The number of para-hydroxylation sites is 1. The molecule has 2 amide bonds. The number of carbonyl (C=O) groups excluding carboxylic acids is 2. The van der Waals surface area contributed by atoms with Gasteiger partial charge in [0.2, 0.25) is 5.91 Å². The Kier molecular flexibility index (Phi) is 8.14. The molecular formula is C21H25ClN2O3. The second-order valence-corrected chi connectivity index (χ2v) is 6.99. The highest BCUT2D eigenvalue weighted by Gasteiger charge is 2.23. The summed E-state index contributed by atoms with van der Waals surface area (Å²) in [6, 6.07) is 16.0. The minimum Gasteiger partial charge on any atom is -0.484 e. The summed E-state index contributed by atoms with van der Waals surface area (Å²) in [6.45, 7) is 4.13. The molecular weight excluding hydrogens is 364 g/mol. The number of rotatable bonds is 9. The first-order valence-corrected chi connectivity index (χ1v) is 9.33. The normalized spacial score (nSPS) is 11.7. The quantitative estimate of drug-likeness (QED) is 0.693. The van der Waals surface area contributed by atoms with Crippen LogP contribution in [0.15, 0.2) is 54.6 Å². The minimum atomic E-state index is -0.609. The molecule has 144 valence electrons. The third-order valence-corrected chi connectivity index (χ3v) is 4.26. The molecule has 0 spiro atoms. The number of benzene rings is 2. The number of amides is 2. The van der Waals surface area contributed by atoms with Crippen molar-refractivity contribution in [3.63, 3.8) is 0 Å². The summed E-state index contributed by atoms with van der Waals surface area (Å²) in [5.41, 5.74) is 1.08. The van der Waals surface area contributed by atoms with E-state index in [9.17, 15) is 9.59 Å². The van der Waals surface area contributed by atoms with Crippen LogP contribution in [0.5, 0.6) is 5.75 Å². The summed E-state index contributed by atoms with van der Waals surface area (Å²) in [7, 11) is 0. The van der Waals surface area contributed by atoms with Gasteiger partial charge in [-0.15, -0.1) is 0 Å². The molecule has 2 aromatic rings. The van der Waals surface area contributed by atoms with Crippen LogP contribution < -0.4 is 15.4 Å². The van der Waals surface area contributed by atoms with Crippen molar-refractivity contribution >= 4 is 23.4 Å². The topological polar surface area (TPSA) is 67.4 Å². The highest BCUT2D eigenvalue weighted by Crippen LogP contribution is 2.10. The van der Waals surface area contributed by atoms with Gasteiger partial charge >= 0.3 is 0 Å². The van der Waals surface area contributed by atoms with Crippen molar-refractivity contribution in [3.8, 4) is 5.75 Å². The molecule has 1 atom stereocenters. The number of hydrogen-bond donors (Lipinski definition) is 2. The lowest BCUT2D eigenvalue weighted by Gasteiger charge is -2.21. The average Bonchev–Trinajstić information content (AvgIpc) is 2.66. The van der Waals surface area contributed by atoms with E-state index in [1.165, 1.54) is 0 Å². The van der Waals surface area contributed by atoms with Crippen LogP contribution >= 0.6 is 11.6 Å². The van der Waals surface area contributed by atoms with Crippen molar-refractivity contribution in [1.82, 2.24) is 10.6 Å². The smallest absolute Gasteiger partial charge is 0.258 e. The first-order valence-electron chi connectivity index (χ1n) is 8.95. The molecule has 0 unspecified atom stereocenters. The molecule has 5 nitrogen and oxygen atoms in total. The van der Waals surface area contributed by atoms with Crippen LogP contribution in [-0.4, -0.2) is 31.0 Å². The second-order valence-electron chi connectivity index (χ2n) is 6.56. The number of hydrogen-bond acceptors (Lipinski definition) is 3. The van der Waals surface area contributed by atoms with Crippen LogP contribution in [0.3, 0.4) is 0 Å². The molecule has 0 fully saturated rings. The first kappa shape index (κ1) is 20.8. The van der Waals surface area contributed by atoms with Gasteiger partial charge < -0.3 is 15.4 Å². The van der Waals surface area contributed by atoms with Gasteiger partial charge in [-0.05, 0) is 42.2 Å². The molecule has 6 heteroatoms. The Morgan fingerprint density at radius 3 is 2.33 bits per heavy atom. The first-order chi connectivity index (χ1) is 13.0. The van der Waals surface area contributed by atoms with E-state index in [0.29, 0.717) is 23.7 Å². The highest BCUT2D eigenvalue weighted by molar-refractivity contribution is 6.30. The van der Waals surface area contributed by atoms with Gasteiger partial charge in [-0.3, -0.25) is 9.59 Å². The molecule has 0 heterocycles. The Hall–Kier alpha value is -2.53. The van der Waals surface area contributed by atoms with Crippen molar-refractivity contribution in [2.45, 2.75) is 26.3 Å². The zero-order valence-corrected chi connectivity index (χ0v) is 16.3. The molecule has 27 heavy (non-hydrogen) atoms. The monoisotopic (exact) mass is 388 g/mol. The van der Waals surface area contributed by atoms with Crippen LogP contribution in [0.4, 0.5) is 0 Å². The largest absolute Gasteiger partial charge is 0.484 e. The van der Waals surface area contributed by atoms with E-state index >= 15 is 0 Å². The number of nitrogens with one attached hydrogen (secondary N) is 2. The maximum Gasteiger partial charge on any atom is 0.258 e. The SMILES string of the molecule is CC(C)[C@H](NC(=O)COc1ccccc1)C(=O)NCCc1ccc(Cl)cc1. The van der Waals surface area contributed by atoms with Gasteiger partial charge in [0.25, 0.3) is 5.91 Å². The van der Waals surface area contributed by atoms with Crippen LogP contribution in [0.1, 0.15) is 19.4 Å². The summed E-state index contributed by atoms with van der Waals surface area (Å²) in [5.74, 6) is 0.0415. The molecule has 2 rings (SSSR count). The van der Waals surface area contributed by atoms with Gasteiger partial charge in [0, 0.05) is 11.6 Å². The summed E-state index contributed by atoms with van der Waals surface area (Å²) in [5, 5.41) is 6.31. The maximum absolute atomic E-state index is 12.5. The van der Waals surface area contributed by atoms with Crippen molar-refractivity contribution in [2.24, 2.45) is 5.92 Å². The Morgan fingerprint density at radius 2 is 1.70 bits per heavy atom. The summed E-state index contributed by atoms with van der Waals surface area (Å²) in [6.07, 6.45) is 0.693. The van der Waals surface area contributed by atoms with Crippen LogP contribution in [-0.2, 0) is 16.0 Å². The third-order valence-electron chi connectivity index (χ3n) is 4.00. The summed E-state index contributed by atoms with van der Waals surface area (Å²) < 4.78 is 5.42. The van der Waals surface area contributed by atoms with E-state index in [-0.39, 0.29) is 24.3 Å². The standard InChI is InChI=1S/C21H25ClN2O3/c1-15(2)20(24-19(25)14-27-18-6-4-3-5-7-18)21(26)23-13-12-16-8-10-17(22)11-9-16/h3-11,15,20H,12-14H2,1-2H3,(H,23,26)(H,24,25)/t20-/m0/s1. The maximum atomic E-state index is 12.5. The molecule has 2 aromatic carbocycles. The zero-order valence-electron chi connectivity index (χ0n) is 15.6. The van der Waals surface area contributed by atoms with E-state index < -0.39 is 6.04 Å². The van der Waals surface area contributed by atoms with Crippen molar-refractivity contribution in [3.05, 3.63) is 65.2 Å². The molecule has 0 radical (unpaired) electrons. The Morgan fingerprint density at radius 1 is 1.04 bits per heavy atom. The number of ether oxygens (including phenoxy) is 1. The van der Waals surface area contributed by atoms with Crippen LogP contribution in [0, 0.1) is 5.92 Å². The Balaban J connectivity index is 1.79. The predicted octanol–water partition coefficient (Wildman–Crippen LogP) is 3.22. The number of carbonyl (C=O) groups is 2. The van der Waals surface area contributed by atoms with Crippen molar-refractivity contribution < 1.29 is 14.3 Å². The molecule has 0 saturated heterocycles. The highest BCUT2D eigenvalue weighted by atomic mass is 35.5. The van der Waals surface area contributed by atoms with Crippen molar-refractivity contribution in [2.75, 3.05) is 13.2 Å². The van der Waals surface area contributed by atoms with Gasteiger partial charge in [-0.1, -0.05) is 55.8 Å². The van der Waals surface area contributed by atoms with E-state index in [1.807, 2.05) is 56.3 Å². The number of halogens is 1. The summed E-state index contributed by atoms with van der Waals surface area (Å²) >= 11 is 5.87. The average molecular weight is 389 g/mol. The van der Waals surface area contributed by atoms with Crippen molar-refractivity contribution in [1.29, 1.82) is 0 Å². The minimum absolute atomic E-state index is 0.0405. The zero-order chi connectivity index (χ0) is 19.6. The van der Waals surface area contributed by atoms with Gasteiger partial charge in [0.15, 0.2) is 6.61 Å². The van der Waals surface area contributed by atoms with E-state index in [1.54, 1.807) is 12.1 Å². The Labute approximate surface area is 165 Å². The molecule has 2 N–H and O–H groups in total. The van der Waals surface area contributed by atoms with E-state index in [4.69, 9.17) is 16.3 Å². The van der Waals surface area contributed by atoms with E-state index in [0.717, 1.165) is 5.56 Å². The van der Waals surface area contributed by atoms with Crippen LogP contribution in [0.25, 0.3) is 0 Å². The molecule has 0 aromatic heterocycles. The second kappa shape index (κ2) is 10.6. The molecule has 0 aliphatic heterocycles. The lowest BCUT2D eigenvalue weighted by atomic mass is 10.0. The van der Waals surface area contributed by atoms with Gasteiger partial charge in [-0.2, -0.15) is 0 Å². The molecule has 0 aliphatic carbocycles. The van der Waals surface area contributed by atoms with Gasteiger partial charge in [-0.25, -0.2) is 0 Å². The van der Waals surface area contributed by atoms with Gasteiger partial charge in [0.1, 0.15) is 11.8 Å².